The second-order valence-electron chi connectivity index (χ2n) is 6.07. The number of rotatable bonds is 5. The first-order chi connectivity index (χ1) is 12.4. The van der Waals surface area contributed by atoms with Crippen molar-refractivity contribution in [3.05, 3.63) is 39.7 Å². The minimum absolute atomic E-state index is 0.0686. The third-order valence-electron chi connectivity index (χ3n) is 4.51. The lowest BCUT2D eigenvalue weighted by atomic mass is 10.2. The van der Waals surface area contributed by atoms with Gasteiger partial charge in [-0.05, 0) is 18.6 Å². The van der Waals surface area contributed by atoms with Crippen molar-refractivity contribution in [2.45, 2.75) is 13.3 Å². The average molecular weight is 359 g/mol. The van der Waals surface area contributed by atoms with E-state index in [0.29, 0.717) is 55.5 Å². The number of piperazine rings is 1. The summed E-state index contributed by atoms with van der Waals surface area (Å²) in [5, 5.41) is 15.8. The number of primary amides is 1. The molecule has 3 rings (SSSR count). The molecule has 10 heteroatoms. The van der Waals surface area contributed by atoms with Gasteiger partial charge in [0, 0.05) is 39.4 Å². The maximum atomic E-state index is 11.6. The molecule has 1 saturated heterocycles. The Hall–Kier alpha value is -3.17. The van der Waals surface area contributed by atoms with Crippen molar-refractivity contribution >= 4 is 23.2 Å². The third kappa shape index (κ3) is 3.05. The highest BCUT2D eigenvalue weighted by Crippen LogP contribution is 2.32. The number of anilines is 2. The zero-order valence-corrected chi connectivity index (χ0v) is 14.8. The number of aromatic nitrogens is 3. The van der Waals surface area contributed by atoms with Crippen LogP contribution in [-0.2, 0) is 13.5 Å². The van der Waals surface area contributed by atoms with Crippen molar-refractivity contribution in [2.75, 3.05) is 36.0 Å². The summed E-state index contributed by atoms with van der Waals surface area (Å²) in [4.78, 5) is 31.0. The highest BCUT2D eigenvalue weighted by molar-refractivity contribution is 5.97. The predicted octanol–water partition coefficient (Wildman–Crippen LogP) is 0.711. The fraction of sp³-hybridized carbons (Fsp3) is 0.438. The topological polar surface area (TPSA) is 123 Å². The van der Waals surface area contributed by atoms with E-state index in [2.05, 4.69) is 10.1 Å². The van der Waals surface area contributed by atoms with Crippen molar-refractivity contribution < 1.29 is 9.72 Å². The van der Waals surface area contributed by atoms with E-state index in [9.17, 15) is 14.9 Å². The lowest BCUT2D eigenvalue weighted by Crippen LogP contribution is -2.48. The molecule has 0 saturated carbocycles. The van der Waals surface area contributed by atoms with Gasteiger partial charge in [0.15, 0.2) is 0 Å². The Balaban J connectivity index is 1.83. The number of carbonyl (C=O) groups excluding carboxylic acids is 1. The summed E-state index contributed by atoms with van der Waals surface area (Å²) in [5.41, 5.74) is 6.35. The van der Waals surface area contributed by atoms with Gasteiger partial charge in [0.25, 0.3) is 5.91 Å². The molecule has 26 heavy (non-hydrogen) atoms. The number of hydrogen-bond donors (Lipinski definition) is 1. The molecule has 138 valence electrons. The largest absolute Gasteiger partial charge is 0.365 e. The minimum Gasteiger partial charge on any atom is -0.365 e. The second-order valence-corrected chi connectivity index (χ2v) is 6.07. The van der Waals surface area contributed by atoms with Gasteiger partial charge in [-0.2, -0.15) is 5.10 Å². The summed E-state index contributed by atoms with van der Waals surface area (Å²) in [5.74, 6) is 0.543. The smallest absolute Gasteiger partial charge is 0.334 e. The van der Waals surface area contributed by atoms with Gasteiger partial charge >= 0.3 is 5.69 Å². The van der Waals surface area contributed by atoms with E-state index in [0.717, 1.165) is 0 Å². The quantitative estimate of drug-likeness (QED) is 0.616. The van der Waals surface area contributed by atoms with Gasteiger partial charge in [0.1, 0.15) is 11.5 Å². The number of hydrogen-bond acceptors (Lipinski definition) is 7. The number of nitrogens with two attached hydrogens (primary N) is 1. The van der Waals surface area contributed by atoms with Gasteiger partial charge in [-0.15, -0.1) is 0 Å². The minimum atomic E-state index is -0.523. The highest BCUT2D eigenvalue weighted by Gasteiger charge is 2.32. The summed E-state index contributed by atoms with van der Waals surface area (Å²) in [7, 11) is 1.72. The number of nitrogens with zero attached hydrogens (tertiary/aromatic N) is 6. The number of carbonyl (C=O) groups is 1. The Morgan fingerprint density at radius 1 is 1.31 bits per heavy atom. The Morgan fingerprint density at radius 3 is 2.54 bits per heavy atom. The molecular weight excluding hydrogens is 338 g/mol. The first kappa shape index (κ1) is 17.6. The number of nitro groups is 1. The lowest BCUT2D eigenvalue weighted by Gasteiger charge is -2.36. The Kier molecular flexibility index (Phi) is 4.74. The van der Waals surface area contributed by atoms with Crippen molar-refractivity contribution in [3.63, 3.8) is 0 Å². The molecule has 0 unspecified atom stereocenters. The van der Waals surface area contributed by atoms with Crippen LogP contribution in [0.25, 0.3) is 0 Å². The predicted molar refractivity (Wildman–Crippen MR) is 96.4 cm³/mol. The van der Waals surface area contributed by atoms with Crippen LogP contribution in [-0.4, -0.2) is 51.8 Å². The maximum Gasteiger partial charge on any atom is 0.334 e. The first-order valence-corrected chi connectivity index (χ1v) is 8.39. The molecule has 0 aliphatic carbocycles. The molecule has 0 spiro atoms. The highest BCUT2D eigenvalue weighted by atomic mass is 16.6. The summed E-state index contributed by atoms with van der Waals surface area (Å²) in [6.07, 6.45) is 2.12. The Morgan fingerprint density at radius 2 is 1.96 bits per heavy atom. The van der Waals surface area contributed by atoms with Gasteiger partial charge in [0.2, 0.25) is 5.82 Å². The molecule has 2 N–H and O–H groups in total. The molecule has 0 aromatic carbocycles. The van der Waals surface area contributed by atoms with E-state index in [1.165, 1.54) is 0 Å². The third-order valence-corrected chi connectivity index (χ3v) is 4.51. The van der Waals surface area contributed by atoms with Crippen LogP contribution in [0.15, 0.2) is 18.3 Å². The first-order valence-electron chi connectivity index (χ1n) is 8.39. The zero-order chi connectivity index (χ0) is 18.8. The van der Waals surface area contributed by atoms with E-state index in [4.69, 9.17) is 5.73 Å². The van der Waals surface area contributed by atoms with E-state index in [-0.39, 0.29) is 10.6 Å². The van der Waals surface area contributed by atoms with Crippen LogP contribution < -0.4 is 15.5 Å². The van der Waals surface area contributed by atoms with Crippen molar-refractivity contribution in [1.82, 2.24) is 14.8 Å². The van der Waals surface area contributed by atoms with Crippen LogP contribution in [0.5, 0.6) is 0 Å². The van der Waals surface area contributed by atoms with Gasteiger partial charge < -0.3 is 15.5 Å². The van der Waals surface area contributed by atoms with Gasteiger partial charge in [0.05, 0.1) is 10.5 Å². The van der Waals surface area contributed by atoms with Crippen LogP contribution in [0.2, 0.25) is 0 Å². The van der Waals surface area contributed by atoms with Crippen LogP contribution in [0.3, 0.4) is 0 Å². The summed E-state index contributed by atoms with van der Waals surface area (Å²) < 4.78 is 1.57. The van der Waals surface area contributed by atoms with Crippen LogP contribution >= 0.6 is 0 Å². The van der Waals surface area contributed by atoms with E-state index in [1.54, 1.807) is 30.1 Å². The van der Waals surface area contributed by atoms with Crippen LogP contribution in [0, 0.1) is 10.1 Å². The van der Waals surface area contributed by atoms with Crippen molar-refractivity contribution in [3.8, 4) is 0 Å². The molecule has 0 atom stereocenters. The van der Waals surface area contributed by atoms with E-state index >= 15 is 0 Å². The van der Waals surface area contributed by atoms with Crippen LogP contribution in [0.1, 0.15) is 23.0 Å². The summed E-state index contributed by atoms with van der Waals surface area (Å²) in [6.45, 7) is 4.10. The molecule has 0 bridgehead atoms. The Labute approximate surface area is 150 Å². The summed E-state index contributed by atoms with van der Waals surface area (Å²) in [6, 6.07) is 3.32. The molecular formula is C16H21N7O3. The molecule has 1 fully saturated rings. The number of aryl methyl sites for hydroxylation is 2. The molecule has 0 radical (unpaired) electrons. The normalized spacial score (nSPS) is 14.5. The fourth-order valence-corrected chi connectivity index (χ4v) is 3.31. The monoisotopic (exact) mass is 359 g/mol. The van der Waals surface area contributed by atoms with E-state index < -0.39 is 5.91 Å². The van der Waals surface area contributed by atoms with Crippen LogP contribution in [0.4, 0.5) is 17.3 Å². The molecule has 10 nitrogen and oxygen atoms in total. The zero-order valence-electron chi connectivity index (χ0n) is 14.8. The molecule has 3 heterocycles. The molecule has 2 aromatic rings. The van der Waals surface area contributed by atoms with Gasteiger partial charge in [-0.3, -0.25) is 14.9 Å². The number of pyridine rings is 1. The lowest BCUT2D eigenvalue weighted by molar-refractivity contribution is -0.384. The van der Waals surface area contributed by atoms with Crippen molar-refractivity contribution in [2.24, 2.45) is 12.8 Å². The molecule has 2 aromatic heterocycles. The Bertz CT molecular complexity index is 840. The average Bonchev–Trinajstić information content (AvgIpc) is 2.98. The van der Waals surface area contributed by atoms with E-state index in [1.807, 2.05) is 16.7 Å². The molecule has 1 amide bonds. The SMILES string of the molecule is CCc1nn(C)c(N2CCN(c3ncccc3C(N)=O)CC2)c1[N+](=O)[O-]. The van der Waals surface area contributed by atoms with Gasteiger partial charge in [-0.25, -0.2) is 9.67 Å². The summed E-state index contributed by atoms with van der Waals surface area (Å²) >= 11 is 0. The molecule has 1 aliphatic heterocycles. The van der Waals surface area contributed by atoms with Crippen molar-refractivity contribution in [1.29, 1.82) is 0 Å². The molecule has 1 aliphatic rings. The second kappa shape index (κ2) is 6.98. The maximum absolute atomic E-state index is 11.6. The standard InChI is InChI=1S/C16H21N7O3/c1-3-12-13(23(25)26)16(20(2)19-12)22-9-7-21(8-10-22)15-11(14(17)24)5-4-6-18-15/h4-6H,3,7-10H2,1-2H3,(H2,17,24). The number of amides is 1. The van der Waals surface area contributed by atoms with Gasteiger partial charge in [-0.1, -0.05) is 6.92 Å². The fourth-order valence-electron chi connectivity index (χ4n) is 3.31.